The molecule has 39 heavy (non-hydrogen) atoms. The molecule has 0 fully saturated rings. The van der Waals surface area contributed by atoms with Crippen LogP contribution >= 0.6 is 0 Å². The molecule has 2 aromatic carbocycles. The predicted octanol–water partition coefficient (Wildman–Crippen LogP) is 6.43. The number of amides is 1. The Bertz CT molecular complexity index is 1130. The van der Waals surface area contributed by atoms with Crippen LogP contribution in [-0.2, 0) is 11.2 Å². The third kappa shape index (κ3) is 9.39. The number of nitrogens with one attached hydrogen (secondary N) is 1. The van der Waals surface area contributed by atoms with E-state index in [1.807, 2.05) is 31.2 Å². The Morgan fingerprint density at radius 3 is 2.26 bits per heavy atom. The van der Waals surface area contributed by atoms with E-state index < -0.39 is 12.0 Å². The highest BCUT2D eigenvalue weighted by molar-refractivity contribution is 5.96. The summed E-state index contributed by atoms with van der Waals surface area (Å²) in [6.07, 6.45) is 10.3. The fraction of sp³-hybridized carbons (Fsp3) is 0.455. The molecule has 0 radical (unpaired) electrons. The second kappa shape index (κ2) is 15.3. The number of allylic oxidation sites excluding steroid dienone is 2. The van der Waals surface area contributed by atoms with Crippen LogP contribution < -0.4 is 14.8 Å². The van der Waals surface area contributed by atoms with E-state index >= 15 is 0 Å². The standard InChI is InChI=1S/C33H43NO5/c1-5-6-7-8-9-18-38-30-16-12-27(13-17-30)33(37)39-31-14-10-26(11-15-31)21-29(22-35)34-32(36)28-19-23(2)25(4)24(3)20-28/h10-17,19-20,23,25,29,35H,5-9,18,21-22H2,1-4H3,(H,34,36). The highest BCUT2D eigenvalue weighted by Crippen LogP contribution is 2.28. The summed E-state index contributed by atoms with van der Waals surface area (Å²) in [6.45, 7) is 9.00. The number of rotatable bonds is 14. The molecule has 1 amide bonds. The zero-order chi connectivity index (χ0) is 28.2. The van der Waals surface area contributed by atoms with Gasteiger partial charge in [0.1, 0.15) is 11.5 Å². The van der Waals surface area contributed by atoms with Crippen molar-refractivity contribution >= 4 is 11.9 Å². The summed E-state index contributed by atoms with van der Waals surface area (Å²) in [5.74, 6) is 1.24. The average molecular weight is 534 g/mol. The van der Waals surface area contributed by atoms with Crippen LogP contribution in [0.25, 0.3) is 0 Å². The second-order valence-corrected chi connectivity index (χ2v) is 10.5. The number of aliphatic hydroxyl groups is 1. The van der Waals surface area contributed by atoms with Crippen molar-refractivity contribution in [3.63, 3.8) is 0 Å². The molecule has 3 rings (SSSR count). The van der Waals surface area contributed by atoms with E-state index in [4.69, 9.17) is 9.47 Å². The third-order valence-electron chi connectivity index (χ3n) is 7.37. The lowest BCUT2D eigenvalue weighted by Gasteiger charge is -2.24. The molecule has 0 spiro atoms. The van der Waals surface area contributed by atoms with E-state index in [9.17, 15) is 14.7 Å². The van der Waals surface area contributed by atoms with E-state index in [0.29, 0.717) is 35.8 Å². The number of benzene rings is 2. The first-order valence-electron chi connectivity index (χ1n) is 14.2. The predicted molar refractivity (Wildman–Crippen MR) is 155 cm³/mol. The van der Waals surface area contributed by atoms with Gasteiger partial charge in [-0.25, -0.2) is 4.79 Å². The quantitative estimate of drug-likeness (QED) is 0.166. The van der Waals surface area contributed by atoms with Crippen LogP contribution in [0.5, 0.6) is 11.5 Å². The molecule has 1 aliphatic carbocycles. The number of ether oxygens (including phenoxy) is 2. The minimum absolute atomic E-state index is 0.178. The first-order valence-corrected chi connectivity index (χ1v) is 14.2. The first kappa shape index (κ1) is 30.2. The molecular formula is C33H43NO5. The summed E-state index contributed by atoms with van der Waals surface area (Å²) in [4.78, 5) is 25.4. The Hall–Kier alpha value is -3.38. The smallest absolute Gasteiger partial charge is 0.343 e. The molecule has 0 heterocycles. The molecule has 1 aliphatic rings. The number of carbonyl (C=O) groups excluding carboxylic acids is 2. The molecule has 0 aromatic heterocycles. The first-order chi connectivity index (χ1) is 18.8. The average Bonchev–Trinajstić information content (AvgIpc) is 2.94. The van der Waals surface area contributed by atoms with Gasteiger partial charge in [0.25, 0.3) is 5.91 Å². The van der Waals surface area contributed by atoms with Crippen molar-refractivity contribution in [1.29, 1.82) is 0 Å². The van der Waals surface area contributed by atoms with Gasteiger partial charge in [-0.1, -0.05) is 76.3 Å². The molecule has 0 saturated heterocycles. The summed E-state index contributed by atoms with van der Waals surface area (Å²) >= 11 is 0. The molecule has 3 atom stereocenters. The van der Waals surface area contributed by atoms with Crippen molar-refractivity contribution in [3.8, 4) is 11.5 Å². The van der Waals surface area contributed by atoms with Gasteiger partial charge in [-0.15, -0.1) is 0 Å². The Balaban J connectivity index is 1.48. The number of hydrogen-bond acceptors (Lipinski definition) is 5. The number of hydrogen-bond donors (Lipinski definition) is 2. The van der Waals surface area contributed by atoms with Gasteiger partial charge < -0.3 is 19.9 Å². The van der Waals surface area contributed by atoms with Gasteiger partial charge in [-0.3, -0.25) is 4.79 Å². The van der Waals surface area contributed by atoms with Crippen molar-refractivity contribution in [1.82, 2.24) is 5.32 Å². The SMILES string of the molecule is CCCCCCCOc1ccc(C(=O)Oc2ccc(CC(CO)NC(=O)C3=CC(C)C(C)C(C)=C3)cc2)cc1. The minimum Gasteiger partial charge on any atom is -0.494 e. The van der Waals surface area contributed by atoms with Crippen molar-refractivity contribution in [2.45, 2.75) is 72.3 Å². The molecule has 6 heteroatoms. The molecule has 0 saturated carbocycles. The molecule has 2 aromatic rings. The van der Waals surface area contributed by atoms with Crippen molar-refractivity contribution < 1.29 is 24.2 Å². The lowest BCUT2D eigenvalue weighted by molar-refractivity contribution is -0.118. The minimum atomic E-state index is -0.443. The van der Waals surface area contributed by atoms with Crippen molar-refractivity contribution in [3.05, 3.63) is 83.0 Å². The Morgan fingerprint density at radius 2 is 1.62 bits per heavy atom. The zero-order valence-electron chi connectivity index (χ0n) is 23.7. The summed E-state index contributed by atoms with van der Waals surface area (Å²) in [5, 5.41) is 12.8. The molecule has 3 unspecified atom stereocenters. The summed E-state index contributed by atoms with van der Waals surface area (Å²) in [6, 6.07) is 13.7. The maximum Gasteiger partial charge on any atom is 0.343 e. The highest BCUT2D eigenvalue weighted by Gasteiger charge is 2.22. The third-order valence-corrected chi connectivity index (χ3v) is 7.37. The maximum absolute atomic E-state index is 12.8. The summed E-state index contributed by atoms with van der Waals surface area (Å²) < 4.78 is 11.3. The van der Waals surface area contributed by atoms with Gasteiger partial charge in [0.2, 0.25) is 0 Å². The molecular weight excluding hydrogens is 490 g/mol. The maximum atomic E-state index is 12.8. The van der Waals surface area contributed by atoms with Crippen LogP contribution in [0.2, 0.25) is 0 Å². The van der Waals surface area contributed by atoms with E-state index in [1.54, 1.807) is 36.4 Å². The van der Waals surface area contributed by atoms with E-state index in [1.165, 1.54) is 31.3 Å². The van der Waals surface area contributed by atoms with Gasteiger partial charge in [-0.05, 0) is 73.6 Å². The molecule has 2 N–H and O–H groups in total. The fourth-order valence-electron chi connectivity index (χ4n) is 4.57. The van der Waals surface area contributed by atoms with Gasteiger partial charge in [-0.2, -0.15) is 0 Å². The van der Waals surface area contributed by atoms with Crippen molar-refractivity contribution in [2.75, 3.05) is 13.2 Å². The largest absolute Gasteiger partial charge is 0.494 e. The van der Waals surface area contributed by atoms with Gasteiger partial charge in [0, 0.05) is 5.57 Å². The van der Waals surface area contributed by atoms with Crippen LogP contribution in [0.15, 0.2) is 71.8 Å². The Labute approximate surface area is 233 Å². The zero-order valence-corrected chi connectivity index (χ0v) is 23.7. The number of carbonyl (C=O) groups is 2. The fourth-order valence-corrected chi connectivity index (χ4v) is 4.57. The number of esters is 1. The molecule has 6 nitrogen and oxygen atoms in total. The lowest BCUT2D eigenvalue weighted by Crippen LogP contribution is -2.40. The molecule has 0 aliphatic heterocycles. The normalized spacial score (nSPS) is 17.6. The van der Waals surface area contributed by atoms with E-state index in [0.717, 1.165) is 17.7 Å². The monoisotopic (exact) mass is 533 g/mol. The van der Waals surface area contributed by atoms with Crippen molar-refractivity contribution in [2.24, 2.45) is 11.8 Å². The van der Waals surface area contributed by atoms with Crippen LogP contribution in [0, 0.1) is 11.8 Å². The number of aliphatic hydroxyl groups excluding tert-OH is 1. The van der Waals surface area contributed by atoms with Crippen LogP contribution in [0.4, 0.5) is 0 Å². The summed E-state index contributed by atoms with van der Waals surface area (Å²) in [7, 11) is 0. The topological polar surface area (TPSA) is 84.9 Å². The van der Waals surface area contributed by atoms with E-state index in [-0.39, 0.29) is 18.4 Å². The van der Waals surface area contributed by atoms with Crippen LogP contribution in [0.3, 0.4) is 0 Å². The van der Waals surface area contributed by atoms with Gasteiger partial charge in [0.15, 0.2) is 0 Å². The van der Waals surface area contributed by atoms with Gasteiger partial charge in [0.05, 0.1) is 24.8 Å². The molecule has 210 valence electrons. The lowest BCUT2D eigenvalue weighted by atomic mass is 9.83. The van der Waals surface area contributed by atoms with E-state index in [2.05, 4.69) is 26.1 Å². The van der Waals surface area contributed by atoms with Gasteiger partial charge >= 0.3 is 5.97 Å². The second-order valence-electron chi connectivity index (χ2n) is 10.5. The Kier molecular flexibility index (Phi) is 11.8. The summed E-state index contributed by atoms with van der Waals surface area (Å²) in [5.41, 5.74) is 3.18. The van der Waals surface area contributed by atoms with Crippen LogP contribution in [-0.4, -0.2) is 36.2 Å². The Morgan fingerprint density at radius 1 is 0.949 bits per heavy atom. The molecule has 0 bridgehead atoms. The number of unbranched alkanes of at least 4 members (excludes halogenated alkanes) is 4. The van der Waals surface area contributed by atoms with Crippen LogP contribution in [0.1, 0.15) is 75.7 Å². The highest BCUT2D eigenvalue weighted by atomic mass is 16.5.